The van der Waals surface area contributed by atoms with E-state index >= 15 is 0 Å². The highest BCUT2D eigenvalue weighted by molar-refractivity contribution is 5.55. The van der Waals surface area contributed by atoms with E-state index in [-0.39, 0.29) is 0 Å². The van der Waals surface area contributed by atoms with Gasteiger partial charge in [0.05, 0.1) is 0 Å². The van der Waals surface area contributed by atoms with Crippen LogP contribution in [0.25, 0.3) is 0 Å². The molecule has 1 aromatic carbocycles. The van der Waals surface area contributed by atoms with E-state index in [0.717, 1.165) is 44.3 Å². The number of anilines is 2. The summed E-state index contributed by atoms with van der Waals surface area (Å²) in [7, 11) is 0. The highest BCUT2D eigenvalue weighted by atomic mass is 16.5. The Bertz CT molecular complexity index is 361. The van der Waals surface area contributed by atoms with Gasteiger partial charge < -0.3 is 15.4 Å². The van der Waals surface area contributed by atoms with Gasteiger partial charge in [0.2, 0.25) is 0 Å². The van der Waals surface area contributed by atoms with E-state index in [0.29, 0.717) is 0 Å². The van der Waals surface area contributed by atoms with Gasteiger partial charge in [0.15, 0.2) is 0 Å². The molecular formula is C15H24N2O. The van der Waals surface area contributed by atoms with Crippen LogP contribution < -0.4 is 10.6 Å². The number of nitrogens with two attached hydrogens (primary N) is 1. The van der Waals surface area contributed by atoms with Gasteiger partial charge in [0, 0.05) is 37.7 Å². The smallest absolute Gasteiger partial charge is 0.0469 e. The van der Waals surface area contributed by atoms with Gasteiger partial charge in [0.1, 0.15) is 0 Å². The largest absolute Gasteiger partial charge is 0.399 e. The van der Waals surface area contributed by atoms with E-state index in [1.807, 2.05) is 12.1 Å². The van der Waals surface area contributed by atoms with Gasteiger partial charge >= 0.3 is 0 Å². The van der Waals surface area contributed by atoms with Crippen molar-refractivity contribution >= 4 is 11.4 Å². The van der Waals surface area contributed by atoms with Crippen LogP contribution in [0.2, 0.25) is 0 Å². The molecule has 1 fully saturated rings. The number of ether oxygens (including phenoxy) is 1. The van der Waals surface area contributed by atoms with E-state index in [4.69, 9.17) is 10.5 Å². The quantitative estimate of drug-likeness (QED) is 0.814. The maximum Gasteiger partial charge on any atom is 0.0469 e. The normalized spacial score (nSPS) is 16.7. The molecule has 18 heavy (non-hydrogen) atoms. The van der Waals surface area contributed by atoms with E-state index in [2.05, 4.69) is 24.0 Å². The number of rotatable bonds is 5. The van der Waals surface area contributed by atoms with Crippen molar-refractivity contribution in [3.05, 3.63) is 24.3 Å². The zero-order valence-corrected chi connectivity index (χ0v) is 11.3. The number of hydrogen-bond donors (Lipinski definition) is 1. The lowest BCUT2D eigenvalue weighted by Crippen LogP contribution is -2.33. The average Bonchev–Trinajstić information content (AvgIpc) is 2.39. The summed E-state index contributed by atoms with van der Waals surface area (Å²) in [5, 5.41) is 0. The molecule has 1 aliphatic rings. The van der Waals surface area contributed by atoms with Crippen molar-refractivity contribution in [1.29, 1.82) is 0 Å². The van der Waals surface area contributed by atoms with Crippen LogP contribution in [-0.2, 0) is 4.74 Å². The van der Waals surface area contributed by atoms with E-state index in [1.165, 1.54) is 18.5 Å². The van der Waals surface area contributed by atoms with Crippen molar-refractivity contribution in [2.45, 2.75) is 26.2 Å². The summed E-state index contributed by atoms with van der Waals surface area (Å²) in [6, 6.07) is 8.22. The molecule has 0 aromatic heterocycles. The summed E-state index contributed by atoms with van der Waals surface area (Å²) in [6.07, 6.45) is 3.53. The van der Waals surface area contributed by atoms with Crippen LogP contribution in [0.15, 0.2) is 24.3 Å². The lowest BCUT2D eigenvalue weighted by molar-refractivity contribution is 0.0682. The van der Waals surface area contributed by atoms with E-state index in [1.54, 1.807) is 0 Å². The van der Waals surface area contributed by atoms with Crippen LogP contribution in [-0.4, -0.2) is 26.3 Å². The van der Waals surface area contributed by atoms with Gasteiger partial charge in [0.25, 0.3) is 0 Å². The van der Waals surface area contributed by atoms with Crippen LogP contribution in [0.5, 0.6) is 0 Å². The molecule has 0 spiro atoms. The fraction of sp³-hybridized carbons (Fsp3) is 0.600. The van der Waals surface area contributed by atoms with Crippen molar-refractivity contribution in [3.8, 4) is 0 Å². The Morgan fingerprint density at radius 2 is 2.11 bits per heavy atom. The van der Waals surface area contributed by atoms with Crippen LogP contribution in [0.1, 0.15) is 26.2 Å². The second-order valence-corrected chi connectivity index (χ2v) is 5.10. The third kappa shape index (κ3) is 3.64. The number of nitrogen functional groups attached to an aromatic ring is 1. The molecule has 1 heterocycles. The lowest BCUT2D eigenvalue weighted by Gasteiger charge is -2.31. The summed E-state index contributed by atoms with van der Waals surface area (Å²) in [5.74, 6) is 0.756. The molecule has 2 N–H and O–H groups in total. The molecule has 1 saturated heterocycles. The summed E-state index contributed by atoms with van der Waals surface area (Å²) in [5.41, 5.74) is 7.98. The highest BCUT2D eigenvalue weighted by Crippen LogP contribution is 2.22. The average molecular weight is 248 g/mol. The van der Waals surface area contributed by atoms with Gasteiger partial charge in [-0.05, 0) is 43.4 Å². The van der Waals surface area contributed by atoms with Crippen LogP contribution in [0, 0.1) is 5.92 Å². The van der Waals surface area contributed by atoms with Crippen molar-refractivity contribution in [2.24, 2.45) is 5.92 Å². The Morgan fingerprint density at radius 3 is 2.78 bits per heavy atom. The molecule has 0 atom stereocenters. The summed E-state index contributed by atoms with van der Waals surface area (Å²) in [6.45, 7) is 6.29. The Balaban J connectivity index is 2.02. The van der Waals surface area contributed by atoms with Gasteiger partial charge in [-0.25, -0.2) is 0 Å². The predicted molar refractivity (Wildman–Crippen MR) is 76.9 cm³/mol. The molecular weight excluding hydrogens is 224 g/mol. The monoisotopic (exact) mass is 248 g/mol. The van der Waals surface area contributed by atoms with Crippen LogP contribution >= 0.6 is 0 Å². The molecule has 0 radical (unpaired) electrons. The van der Waals surface area contributed by atoms with Crippen molar-refractivity contribution in [1.82, 2.24) is 0 Å². The highest BCUT2D eigenvalue weighted by Gasteiger charge is 2.17. The second-order valence-electron chi connectivity index (χ2n) is 5.10. The summed E-state index contributed by atoms with van der Waals surface area (Å²) >= 11 is 0. The Hall–Kier alpha value is -1.22. The fourth-order valence-corrected chi connectivity index (χ4v) is 2.56. The summed E-state index contributed by atoms with van der Waals surface area (Å²) in [4.78, 5) is 2.46. The first-order valence-electron chi connectivity index (χ1n) is 6.98. The minimum atomic E-state index is 0.756. The first-order valence-corrected chi connectivity index (χ1v) is 6.98. The Labute approximate surface area is 110 Å². The van der Waals surface area contributed by atoms with E-state index in [9.17, 15) is 0 Å². The van der Waals surface area contributed by atoms with E-state index < -0.39 is 0 Å². The number of hydrogen-bond acceptors (Lipinski definition) is 3. The molecule has 1 aromatic rings. The minimum Gasteiger partial charge on any atom is -0.399 e. The topological polar surface area (TPSA) is 38.5 Å². The summed E-state index contributed by atoms with van der Waals surface area (Å²) < 4.78 is 5.43. The first-order chi connectivity index (χ1) is 8.79. The van der Waals surface area contributed by atoms with Gasteiger partial charge in [-0.3, -0.25) is 0 Å². The van der Waals surface area contributed by atoms with Gasteiger partial charge in [-0.1, -0.05) is 13.0 Å². The molecule has 0 bridgehead atoms. The second kappa shape index (κ2) is 6.64. The molecule has 0 aliphatic carbocycles. The Morgan fingerprint density at radius 1 is 1.33 bits per heavy atom. The van der Waals surface area contributed by atoms with Crippen molar-refractivity contribution in [3.63, 3.8) is 0 Å². The minimum absolute atomic E-state index is 0.756. The maximum atomic E-state index is 5.88. The lowest BCUT2D eigenvalue weighted by atomic mass is 9.99. The van der Waals surface area contributed by atoms with Gasteiger partial charge in [-0.2, -0.15) is 0 Å². The zero-order chi connectivity index (χ0) is 12.8. The van der Waals surface area contributed by atoms with Gasteiger partial charge in [-0.15, -0.1) is 0 Å². The maximum absolute atomic E-state index is 5.88. The number of benzene rings is 1. The first kappa shape index (κ1) is 13.2. The van der Waals surface area contributed by atoms with Crippen molar-refractivity contribution < 1.29 is 4.74 Å². The van der Waals surface area contributed by atoms with Crippen LogP contribution in [0.4, 0.5) is 11.4 Å². The molecule has 0 unspecified atom stereocenters. The molecule has 1 aliphatic heterocycles. The van der Waals surface area contributed by atoms with Crippen LogP contribution in [0.3, 0.4) is 0 Å². The standard InChI is InChI=1S/C15H24N2O/c1-2-8-17(12-13-6-9-18-10-7-13)15-5-3-4-14(16)11-15/h3-5,11,13H,2,6-10,12,16H2,1H3. The number of nitrogens with zero attached hydrogens (tertiary/aromatic N) is 1. The molecule has 3 nitrogen and oxygen atoms in total. The molecule has 100 valence electrons. The third-order valence-corrected chi connectivity index (χ3v) is 3.55. The van der Waals surface area contributed by atoms with Crippen molar-refractivity contribution in [2.75, 3.05) is 36.9 Å². The zero-order valence-electron chi connectivity index (χ0n) is 11.3. The fourth-order valence-electron chi connectivity index (χ4n) is 2.56. The Kier molecular flexibility index (Phi) is 4.88. The molecule has 2 rings (SSSR count). The molecule has 0 saturated carbocycles. The SMILES string of the molecule is CCCN(CC1CCOCC1)c1cccc(N)c1. The predicted octanol–water partition coefficient (Wildman–Crippen LogP) is 2.91. The molecule has 3 heteroatoms. The molecule has 0 amide bonds. The third-order valence-electron chi connectivity index (χ3n) is 3.55.